The minimum Gasteiger partial charge on any atom is -0.496 e. The van der Waals surface area contributed by atoms with Crippen molar-refractivity contribution in [2.75, 3.05) is 33.4 Å². The topological polar surface area (TPSA) is 74.6 Å². The lowest BCUT2D eigenvalue weighted by molar-refractivity contribution is -0.130. The van der Waals surface area contributed by atoms with Crippen LogP contribution in [0.25, 0.3) is 0 Å². The lowest BCUT2D eigenvalue weighted by Gasteiger charge is -2.26. The van der Waals surface area contributed by atoms with Gasteiger partial charge in [-0.25, -0.2) is 0 Å². The summed E-state index contributed by atoms with van der Waals surface area (Å²) >= 11 is 0. The monoisotopic (exact) mass is 301 g/mol. The van der Waals surface area contributed by atoms with Gasteiger partial charge in [0.1, 0.15) is 17.4 Å². The van der Waals surface area contributed by atoms with E-state index < -0.39 is 0 Å². The van der Waals surface area contributed by atoms with E-state index in [4.69, 9.17) is 14.7 Å². The quantitative estimate of drug-likeness (QED) is 0.650. The van der Waals surface area contributed by atoms with Gasteiger partial charge in [0, 0.05) is 31.4 Å². The summed E-state index contributed by atoms with van der Waals surface area (Å²) < 4.78 is 10.5. The van der Waals surface area contributed by atoms with E-state index in [1.165, 1.54) is 6.20 Å². The molecule has 0 aromatic heterocycles. The van der Waals surface area contributed by atoms with Crippen LogP contribution in [0, 0.1) is 11.3 Å². The standard InChI is InChI=1S/C16H19N3O3/c1-21-15-5-3-2-4-13(15)11-18-12-14(10-17)16(20)19-6-8-22-9-7-19/h2-5,12,18H,6-9,11H2,1H3/b14-12-. The summed E-state index contributed by atoms with van der Waals surface area (Å²) in [6.07, 6.45) is 1.46. The number of hydrogen-bond acceptors (Lipinski definition) is 5. The van der Waals surface area contributed by atoms with E-state index in [1.807, 2.05) is 30.3 Å². The molecular weight excluding hydrogens is 282 g/mol. The van der Waals surface area contributed by atoms with Crippen LogP contribution < -0.4 is 10.1 Å². The molecule has 1 N–H and O–H groups in total. The summed E-state index contributed by atoms with van der Waals surface area (Å²) in [6.45, 7) is 2.54. The Morgan fingerprint density at radius 3 is 2.86 bits per heavy atom. The zero-order valence-corrected chi connectivity index (χ0v) is 12.5. The highest BCUT2D eigenvalue weighted by molar-refractivity contribution is 5.97. The number of ether oxygens (including phenoxy) is 2. The maximum atomic E-state index is 12.2. The lowest BCUT2D eigenvalue weighted by atomic mass is 10.2. The number of nitrogens with one attached hydrogen (secondary N) is 1. The minimum atomic E-state index is -0.265. The molecule has 0 atom stereocenters. The molecule has 116 valence electrons. The second kappa shape index (κ2) is 8.05. The van der Waals surface area contributed by atoms with Gasteiger partial charge in [-0.1, -0.05) is 18.2 Å². The fourth-order valence-electron chi connectivity index (χ4n) is 2.19. The first-order valence-corrected chi connectivity index (χ1v) is 7.09. The van der Waals surface area contributed by atoms with Gasteiger partial charge >= 0.3 is 0 Å². The van der Waals surface area contributed by atoms with Gasteiger partial charge in [0.25, 0.3) is 5.91 Å². The van der Waals surface area contributed by atoms with Crippen LogP contribution >= 0.6 is 0 Å². The first-order valence-electron chi connectivity index (χ1n) is 7.09. The Labute approximate surface area is 129 Å². The first kappa shape index (κ1) is 15.9. The molecule has 0 bridgehead atoms. The third-order valence-corrected chi connectivity index (χ3v) is 3.38. The van der Waals surface area contributed by atoms with Crippen LogP contribution in [0.5, 0.6) is 5.75 Å². The van der Waals surface area contributed by atoms with Crippen LogP contribution in [0.3, 0.4) is 0 Å². The number of amides is 1. The molecule has 1 aliphatic rings. The number of carbonyl (C=O) groups is 1. The number of para-hydroxylation sites is 1. The largest absolute Gasteiger partial charge is 0.496 e. The smallest absolute Gasteiger partial charge is 0.266 e. The highest BCUT2D eigenvalue weighted by Crippen LogP contribution is 2.16. The number of benzene rings is 1. The lowest BCUT2D eigenvalue weighted by Crippen LogP contribution is -2.41. The predicted octanol–water partition coefficient (Wildman–Crippen LogP) is 1.05. The zero-order valence-electron chi connectivity index (χ0n) is 12.5. The Bertz CT molecular complexity index is 587. The molecule has 6 heteroatoms. The molecule has 1 heterocycles. The number of nitrogens with zero attached hydrogens (tertiary/aromatic N) is 2. The van der Waals surface area contributed by atoms with Crippen molar-refractivity contribution in [3.8, 4) is 11.8 Å². The molecule has 2 rings (SSSR count). The van der Waals surface area contributed by atoms with Crippen molar-refractivity contribution in [3.05, 3.63) is 41.6 Å². The summed E-state index contributed by atoms with van der Waals surface area (Å²) in [4.78, 5) is 13.8. The van der Waals surface area contributed by atoms with E-state index in [0.29, 0.717) is 32.8 Å². The summed E-state index contributed by atoms with van der Waals surface area (Å²) in [7, 11) is 1.61. The van der Waals surface area contributed by atoms with Gasteiger partial charge in [-0.15, -0.1) is 0 Å². The molecule has 0 spiro atoms. The van der Waals surface area contributed by atoms with Crippen molar-refractivity contribution < 1.29 is 14.3 Å². The molecular formula is C16H19N3O3. The molecule has 1 aromatic carbocycles. The van der Waals surface area contributed by atoms with Crippen LogP contribution in [0.2, 0.25) is 0 Å². The van der Waals surface area contributed by atoms with E-state index in [-0.39, 0.29) is 11.5 Å². The van der Waals surface area contributed by atoms with Crippen molar-refractivity contribution in [3.63, 3.8) is 0 Å². The number of rotatable bonds is 5. The van der Waals surface area contributed by atoms with Gasteiger partial charge < -0.3 is 19.7 Å². The van der Waals surface area contributed by atoms with E-state index in [1.54, 1.807) is 12.0 Å². The normalized spacial score (nSPS) is 15.1. The minimum absolute atomic E-state index is 0.0943. The number of nitriles is 1. The Balaban J connectivity index is 1.97. The second-order valence-electron chi connectivity index (χ2n) is 4.77. The molecule has 0 radical (unpaired) electrons. The third-order valence-electron chi connectivity index (χ3n) is 3.38. The molecule has 22 heavy (non-hydrogen) atoms. The molecule has 1 amide bonds. The number of methoxy groups -OCH3 is 1. The molecule has 1 aliphatic heterocycles. The van der Waals surface area contributed by atoms with Crippen LogP contribution in [-0.4, -0.2) is 44.2 Å². The van der Waals surface area contributed by atoms with Crippen LogP contribution in [0.15, 0.2) is 36.0 Å². The average molecular weight is 301 g/mol. The van der Waals surface area contributed by atoms with Gasteiger partial charge in [-0.2, -0.15) is 5.26 Å². The third kappa shape index (κ3) is 3.99. The molecule has 1 saturated heterocycles. The van der Waals surface area contributed by atoms with E-state index in [9.17, 15) is 4.79 Å². The van der Waals surface area contributed by atoms with Crippen molar-refractivity contribution in [1.29, 1.82) is 5.26 Å². The van der Waals surface area contributed by atoms with Gasteiger partial charge in [-0.05, 0) is 6.07 Å². The van der Waals surface area contributed by atoms with Gasteiger partial charge in [0.2, 0.25) is 0 Å². The Morgan fingerprint density at radius 2 is 2.18 bits per heavy atom. The van der Waals surface area contributed by atoms with E-state index >= 15 is 0 Å². The van der Waals surface area contributed by atoms with Crippen molar-refractivity contribution in [2.24, 2.45) is 0 Å². The second-order valence-corrected chi connectivity index (χ2v) is 4.77. The summed E-state index contributed by atoms with van der Waals surface area (Å²) in [6, 6.07) is 9.54. The summed E-state index contributed by atoms with van der Waals surface area (Å²) in [5, 5.41) is 12.2. The molecule has 0 saturated carbocycles. The molecule has 0 aliphatic carbocycles. The van der Waals surface area contributed by atoms with Crippen molar-refractivity contribution in [2.45, 2.75) is 6.54 Å². The van der Waals surface area contributed by atoms with Gasteiger partial charge in [0.05, 0.1) is 20.3 Å². The first-order chi connectivity index (χ1) is 10.8. The Hall–Kier alpha value is -2.52. The number of carbonyl (C=O) groups excluding carboxylic acids is 1. The Morgan fingerprint density at radius 1 is 1.45 bits per heavy atom. The highest BCUT2D eigenvalue weighted by Gasteiger charge is 2.20. The summed E-state index contributed by atoms with van der Waals surface area (Å²) in [5.41, 5.74) is 1.05. The predicted molar refractivity (Wildman–Crippen MR) is 80.9 cm³/mol. The van der Waals surface area contributed by atoms with Crippen LogP contribution in [-0.2, 0) is 16.1 Å². The molecule has 1 aromatic rings. The number of morpholine rings is 1. The van der Waals surface area contributed by atoms with Crippen molar-refractivity contribution >= 4 is 5.91 Å². The van der Waals surface area contributed by atoms with Gasteiger partial charge in [0.15, 0.2) is 0 Å². The van der Waals surface area contributed by atoms with Crippen LogP contribution in [0.1, 0.15) is 5.56 Å². The van der Waals surface area contributed by atoms with Crippen LogP contribution in [0.4, 0.5) is 0 Å². The Kier molecular flexibility index (Phi) is 5.81. The van der Waals surface area contributed by atoms with Gasteiger partial charge in [-0.3, -0.25) is 4.79 Å². The zero-order chi connectivity index (χ0) is 15.8. The highest BCUT2D eigenvalue weighted by atomic mass is 16.5. The van der Waals surface area contributed by atoms with Crippen molar-refractivity contribution in [1.82, 2.24) is 10.2 Å². The fraction of sp³-hybridized carbons (Fsp3) is 0.375. The average Bonchev–Trinajstić information content (AvgIpc) is 2.59. The molecule has 0 unspecified atom stereocenters. The molecule has 6 nitrogen and oxygen atoms in total. The molecule has 1 fully saturated rings. The van der Waals surface area contributed by atoms with E-state index in [0.717, 1.165) is 11.3 Å². The summed E-state index contributed by atoms with van der Waals surface area (Å²) in [5.74, 6) is 0.500. The SMILES string of the molecule is COc1ccccc1CN/C=C(/C#N)C(=O)N1CCOCC1. The van der Waals surface area contributed by atoms with E-state index in [2.05, 4.69) is 5.32 Å². The maximum Gasteiger partial charge on any atom is 0.266 e. The fourth-order valence-corrected chi connectivity index (χ4v) is 2.19. The maximum absolute atomic E-state index is 12.2. The number of hydrogen-bond donors (Lipinski definition) is 1.